The number of benzene rings is 1. The van der Waals surface area contributed by atoms with Crippen LogP contribution >= 0.6 is 11.3 Å². The van der Waals surface area contributed by atoms with Crippen molar-refractivity contribution in [2.24, 2.45) is 0 Å². The van der Waals surface area contributed by atoms with Crippen molar-refractivity contribution in [2.75, 3.05) is 33.7 Å². The Bertz CT molecular complexity index is 583. The van der Waals surface area contributed by atoms with Crippen LogP contribution in [0.15, 0.2) is 29.6 Å². The van der Waals surface area contributed by atoms with Gasteiger partial charge < -0.3 is 10.0 Å². The van der Waals surface area contributed by atoms with Crippen molar-refractivity contribution >= 4 is 21.4 Å². The lowest BCUT2D eigenvalue weighted by Gasteiger charge is -2.32. The van der Waals surface area contributed by atoms with Gasteiger partial charge in [-0.05, 0) is 56.0 Å². The fourth-order valence-electron chi connectivity index (χ4n) is 3.10. The molecule has 0 saturated carbocycles. The van der Waals surface area contributed by atoms with E-state index in [0.717, 1.165) is 25.2 Å². The lowest BCUT2D eigenvalue weighted by molar-refractivity contribution is 0.0583. The van der Waals surface area contributed by atoms with E-state index >= 15 is 0 Å². The molecule has 1 aliphatic heterocycles. The van der Waals surface area contributed by atoms with Crippen molar-refractivity contribution in [3.63, 3.8) is 0 Å². The SMILES string of the molecule is CN1CCCN(C)C(C(O)c2cccc3ccsc23)C1. The van der Waals surface area contributed by atoms with Gasteiger partial charge in [-0.1, -0.05) is 18.2 Å². The van der Waals surface area contributed by atoms with E-state index in [2.05, 4.69) is 47.5 Å². The summed E-state index contributed by atoms with van der Waals surface area (Å²) in [6.07, 6.45) is 0.738. The van der Waals surface area contributed by atoms with E-state index < -0.39 is 6.10 Å². The van der Waals surface area contributed by atoms with Gasteiger partial charge in [-0.25, -0.2) is 0 Å². The van der Waals surface area contributed by atoms with Gasteiger partial charge >= 0.3 is 0 Å². The Hall–Kier alpha value is -0.940. The Morgan fingerprint density at radius 3 is 2.95 bits per heavy atom. The molecule has 3 rings (SSSR count). The first-order chi connectivity index (χ1) is 9.66. The van der Waals surface area contributed by atoms with Crippen molar-refractivity contribution in [3.05, 3.63) is 35.2 Å². The molecule has 0 spiro atoms. The molecule has 1 aliphatic rings. The first-order valence-corrected chi connectivity index (χ1v) is 8.08. The van der Waals surface area contributed by atoms with Gasteiger partial charge in [-0.3, -0.25) is 4.90 Å². The minimum Gasteiger partial charge on any atom is -0.387 e. The second kappa shape index (κ2) is 5.82. The summed E-state index contributed by atoms with van der Waals surface area (Å²) < 4.78 is 1.22. The largest absolute Gasteiger partial charge is 0.387 e. The van der Waals surface area contributed by atoms with Crippen molar-refractivity contribution in [2.45, 2.75) is 18.6 Å². The zero-order chi connectivity index (χ0) is 14.1. The highest BCUT2D eigenvalue weighted by Crippen LogP contribution is 2.32. The number of fused-ring (bicyclic) bond motifs is 1. The van der Waals surface area contributed by atoms with Gasteiger partial charge in [-0.15, -0.1) is 11.3 Å². The van der Waals surface area contributed by atoms with Crippen LogP contribution in [-0.4, -0.2) is 54.7 Å². The van der Waals surface area contributed by atoms with Crippen LogP contribution in [0.4, 0.5) is 0 Å². The van der Waals surface area contributed by atoms with Crippen LogP contribution in [0, 0.1) is 0 Å². The summed E-state index contributed by atoms with van der Waals surface area (Å²) in [6, 6.07) is 8.52. The number of likely N-dealkylation sites (N-methyl/N-ethyl adjacent to an activating group) is 2. The van der Waals surface area contributed by atoms with E-state index in [0.29, 0.717) is 0 Å². The molecule has 1 aromatic carbocycles. The van der Waals surface area contributed by atoms with E-state index in [1.807, 2.05) is 6.07 Å². The van der Waals surface area contributed by atoms with Crippen molar-refractivity contribution in [3.8, 4) is 0 Å². The van der Waals surface area contributed by atoms with Crippen LogP contribution in [0.1, 0.15) is 18.1 Å². The third-order valence-electron chi connectivity index (χ3n) is 4.31. The van der Waals surface area contributed by atoms with Crippen LogP contribution < -0.4 is 0 Å². The van der Waals surface area contributed by atoms with Crippen molar-refractivity contribution in [1.29, 1.82) is 0 Å². The van der Waals surface area contributed by atoms with E-state index in [-0.39, 0.29) is 6.04 Å². The summed E-state index contributed by atoms with van der Waals surface area (Å²) >= 11 is 1.72. The van der Waals surface area contributed by atoms with Gasteiger partial charge in [0.25, 0.3) is 0 Å². The number of rotatable bonds is 2. The molecule has 3 nitrogen and oxygen atoms in total. The third kappa shape index (κ3) is 2.61. The first kappa shape index (κ1) is 14.0. The van der Waals surface area contributed by atoms with Crippen LogP contribution in [-0.2, 0) is 0 Å². The van der Waals surface area contributed by atoms with Crippen LogP contribution in [0.2, 0.25) is 0 Å². The van der Waals surface area contributed by atoms with E-state index in [1.165, 1.54) is 16.5 Å². The lowest BCUT2D eigenvalue weighted by Crippen LogP contribution is -2.42. The second-order valence-corrected chi connectivity index (χ2v) is 6.71. The fourth-order valence-corrected chi connectivity index (χ4v) is 4.05. The summed E-state index contributed by atoms with van der Waals surface area (Å²) in [5.74, 6) is 0. The monoisotopic (exact) mass is 290 g/mol. The number of aliphatic hydroxyl groups is 1. The Morgan fingerprint density at radius 1 is 1.25 bits per heavy atom. The molecule has 1 aromatic heterocycles. The zero-order valence-electron chi connectivity index (χ0n) is 12.1. The maximum Gasteiger partial charge on any atom is 0.0971 e. The molecule has 20 heavy (non-hydrogen) atoms. The van der Waals surface area contributed by atoms with E-state index in [4.69, 9.17) is 0 Å². The van der Waals surface area contributed by atoms with Crippen LogP contribution in [0.5, 0.6) is 0 Å². The van der Waals surface area contributed by atoms with E-state index in [9.17, 15) is 5.11 Å². The average molecular weight is 290 g/mol. The molecule has 0 aliphatic carbocycles. The fraction of sp³-hybridized carbons (Fsp3) is 0.500. The minimum atomic E-state index is -0.428. The molecule has 2 aromatic rings. The topological polar surface area (TPSA) is 26.7 Å². The Morgan fingerprint density at radius 2 is 2.10 bits per heavy atom. The Labute approximate surface area is 124 Å². The van der Waals surface area contributed by atoms with Crippen molar-refractivity contribution in [1.82, 2.24) is 9.80 Å². The highest BCUT2D eigenvalue weighted by molar-refractivity contribution is 7.17. The summed E-state index contributed by atoms with van der Waals surface area (Å²) in [6.45, 7) is 3.07. The molecular weight excluding hydrogens is 268 g/mol. The second-order valence-electron chi connectivity index (χ2n) is 5.79. The van der Waals surface area contributed by atoms with E-state index in [1.54, 1.807) is 11.3 Å². The van der Waals surface area contributed by atoms with Gasteiger partial charge in [-0.2, -0.15) is 0 Å². The molecule has 0 amide bonds. The molecule has 1 N–H and O–H groups in total. The predicted molar refractivity (Wildman–Crippen MR) is 85.3 cm³/mol. The maximum atomic E-state index is 10.9. The number of thiophene rings is 1. The molecule has 2 heterocycles. The molecule has 0 radical (unpaired) electrons. The number of nitrogens with zero attached hydrogens (tertiary/aromatic N) is 2. The number of hydrogen-bond acceptors (Lipinski definition) is 4. The highest BCUT2D eigenvalue weighted by Gasteiger charge is 2.29. The molecule has 2 unspecified atom stereocenters. The number of aliphatic hydroxyl groups excluding tert-OH is 1. The highest BCUT2D eigenvalue weighted by atomic mass is 32.1. The Balaban J connectivity index is 1.94. The quantitative estimate of drug-likeness (QED) is 0.921. The maximum absolute atomic E-state index is 10.9. The Kier molecular flexibility index (Phi) is 4.08. The standard InChI is InChI=1S/C16H22N2OS/c1-17-8-4-9-18(2)14(11-17)15(19)13-6-3-5-12-7-10-20-16(12)13/h3,5-7,10,14-15,19H,4,8-9,11H2,1-2H3. The van der Waals surface area contributed by atoms with Crippen molar-refractivity contribution < 1.29 is 5.11 Å². The normalized spacial score (nSPS) is 23.9. The van der Waals surface area contributed by atoms with Gasteiger partial charge in [0.2, 0.25) is 0 Å². The molecule has 1 fully saturated rings. The number of hydrogen-bond donors (Lipinski definition) is 1. The smallest absolute Gasteiger partial charge is 0.0971 e. The molecule has 0 bridgehead atoms. The molecule has 108 valence electrons. The molecular formula is C16H22N2OS. The zero-order valence-corrected chi connectivity index (χ0v) is 12.9. The summed E-state index contributed by atoms with van der Waals surface area (Å²) in [7, 11) is 4.27. The summed E-state index contributed by atoms with van der Waals surface area (Å²) in [4.78, 5) is 4.63. The summed E-state index contributed by atoms with van der Waals surface area (Å²) in [5, 5.41) is 14.2. The first-order valence-electron chi connectivity index (χ1n) is 7.20. The van der Waals surface area contributed by atoms with Crippen LogP contribution in [0.25, 0.3) is 10.1 Å². The predicted octanol–water partition coefficient (Wildman–Crippen LogP) is 2.57. The summed E-state index contributed by atoms with van der Waals surface area (Å²) in [5.41, 5.74) is 1.07. The van der Waals surface area contributed by atoms with Gasteiger partial charge in [0, 0.05) is 11.2 Å². The van der Waals surface area contributed by atoms with Gasteiger partial charge in [0.05, 0.1) is 12.1 Å². The van der Waals surface area contributed by atoms with Gasteiger partial charge in [0.1, 0.15) is 0 Å². The molecule has 4 heteroatoms. The molecule has 2 atom stereocenters. The minimum absolute atomic E-state index is 0.162. The lowest BCUT2D eigenvalue weighted by atomic mass is 10.00. The molecule has 1 saturated heterocycles. The van der Waals surface area contributed by atoms with Gasteiger partial charge in [0.15, 0.2) is 0 Å². The average Bonchev–Trinajstić information content (AvgIpc) is 2.85. The third-order valence-corrected chi connectivity index (χ3v) is 5.29. The van der Waals surface area contributed by atoms with Crippen LogP contribution in [0.3, 0.4) is 0 Å².